The van der Waals surface area contributed by atoms with Crippen LogP contribution in [0, 0.1) is 5.92 Å². The standard InChI is InChI=1S/C23H32Cl2N4O6S2/c1-12(30)6-20-13(2)22(21(23(32)33)29(20)14(3)31)36-18-8-17(9-27-37(26,34)35)28(11-18)10-15-7-16(24)4-5-19(15)25/h4-5,7,12-13,17-18,20,27,30H,6,8-11H2,1-3H3,(H,32,33)(H2,26,34,35)/t12-,13-,17+,18+,20+/m1/s1. The van der Waals surface area contributed by atoms with Gasteiger partial charge in [0.1, 0.15) is 5.70 Å². The van der Waals surface area contributed by atoms with Crippen molar-refractivity contribution in [3.05, 3.63) is 44.4 Å². The molecule has 1 saturated heterocycles. The summed E-state index contributed by atoms with van der Waals surface area (Å²) in [5.41, 5.74) is 0.714. The molecule has 2 heterocycles. The number of hydrogen-bond donors (Lipinski definition) is 4. The number of nitrogens with two attached hydrogens (primary N) is 1. The molecule has 1 amide bonds. The number of nitrogens with zero attached hydrogens (tertiary/aromatic N) is 2. The minimum absolute atomic E-state index is 0.0637. The summed E-state index contributed by atoms with van der Waals surface area (Å²) in [5, 5.41) is 26.1. The lowest BCUT2D eigenvalue weighted by Crippen LogP contribution is -2.42. The van der Waals surface area contributed by atoms with Crippen molar-refractivity contribution in [1.82, 2.24) is 14.5 Å². The average Bonchev–Trinajstić information content (AvgIpc) is 3.27. The van der Waals surface area contributed by atoms with Crippen LogP contribution < -0.4 is 9.86 Å². The first kappa shape index (κ1) is 30.2. The van der Waals surface area contributed by atoms with Gasteiger partial charge in [-0.3, -0.25) is 9.69 Å². The normalized spacial score (nSPS) is 25.6. The number of carbonyl (C=O) groups excluding carboxylic acids is 1. The van der Waals surface area contributed by atoms with Gasteiger partial charge in [-0.05, 0) is 43.5 Å². The number of carboxylic acids is 1. The Morgan fingerprint density at radius 1 is 1.32 bits per heavy atom. The lowest BCUT2D eigenvalue weighted by molar-refractivity contribution is -0.140. The van der Waals surface area contributed by atoms with E-state index in [0.717, 1.165) is 5.56 Å². The van der Waals surface area contributed by atoms with Gasteiger partial charge >= 0.3 is 5.97 Å². The number of aliphatic hydroxyl groups excluding tert-OH is 1. The minimum Gasteiger partial charge on any atom is -0.477 e. The summed E-state index contributed by atoms with van der Waals surface area (Å²) in [6.45, 7) is 5.76. The predicted octanol–water partition coefficient (Wildman–Crippen LogP) is 2.40. The largest absolute Gasteiger partial charge is 0.477 e. The van der Waals surface area contributed by atoms with Crippen LogP contribution in [-0.2, 0) is 26.3 Å². The third-order valence-electron chi connectivity index (χ3n) is 6.61. The summed E-state index contributed by atoms with van der Waals surface area (Å²) in [4.78, 5) is 28.6. The molecule has 0 unspecified atom stereocenters. The van der Waals surface area contributed by atoms with E-state index in [0.29, 0.717) is 34.5 Å². The fourth-order valence-electron chi connectivity index (χ4n) is 5.02. The fraction of sp³-hybridized carbons (Fsp3) is 0.565. The molecule has 0 radical (unpaired) electrons. The summed E-state index contributed by atoms with van der Waals surface area (Å²) in [6.07, 6.45) is 0.0640. The van der Waals surface area contributed by atoms with Gasteiger partial charge in [-0.15, -0.1) is 11.8 Å². The highest BCUT2D eigenvalue weighted by molar-refractivity contribution is 8.03. The molecule has 2 aliphatic rings. The van der Waals surface area contributed by atoms with Gasteiger partial charge in [0.25, 0.3) is 10.2 Å². The number of likely N-dealkylation sites (tertiary alicyclic amines) is 1. The molecule has 1 aromatic rings. The highest BCUT2D eigenvalue weighted by Crippen LogP contribution is 2.46. The summed E-state index contributed by atoms with van der Waals surface area (Å²) in [6, 6.07) is 4.41. The predicted molar refractivity (Wildman–Crippen MR) is 144 cm³/mol. The van der Waals surface area contributed by atoms with Crippen molar-refractivity contribution in [2.75, 3.05) is 13.1 Å². The van der Waals surface area contributed by atoms with Crippen LogP contribution in [0.2, 0.25) is 10.0 Å². The molecule has 0 bridgehead atoms. The van der Waals surface area contributed by atoms with Gasteiger partial charge in [-0.1, -0.05) is 30.1 Å². The van der Waals surface area contributed by atoms with E-state index in [1.54, 1.807) is 25.1 Å². The molecule has 0 spiro atoms. The third-order valence-corrected chi connectivity index (χ3v) is 9.27. The Labute approximate surface area is 231 Å². The molecule has 3 rings (SSSR count). The number of benzene rings is 1. The molecular formula is C23H32Cl2N4O6S2. The van der Waals surface area contributed by atoms with E-state index in [2.05, 4.69) is 9.62 Å². The zero-order valence-corrected chi connectivity index (χ0v) is 23.9. The average molecular weight is 596 g/mol. The van der Waals surface area contributed by atoms with Gasteiger partial charge in [0, 0.05) is 64.8 Å². The molecule has 0 aromatic heterocycles. The monoisotopic (exact) mass is 594 g/mol. The fourth-order valence-corrected chi connectivity index (χ4v) is 7.43. The first-order valence-corrected chi connectivity index (χ1v) is 14.9. The third kappa shape index (κ3) is 7.60. The van der Waals surface area contributed by atoms with Crippen molar-refractivity contribution in [3.8, 4) is 0 Å². The quantitative estimate of drug-likeness (QED) is 0.322. The lowest BCUT2D eigenvalue weighted by Gasteiger charge is -2.28. The van der Waals surface area contributed by atoms with Crippen LogP contribution in [0.3, 0.4) is 0 Å². The van der Waals surface area contributed by atoms with Gasteiger partial charge < -0.3 is 15.1 Å². The second kappa shape index (κ2) is 12.2. The van der Waals surface area contributed by atoms with E-state index in [9.17, 15) is 28.2 Å². The van der Waals surface area contributed by atoms with E-state index >= 15 is 0 Å². The highest BCUT2D eigenvalue weighted by atomic mass is 35.5. The number of hydrogen-bond acceptors (Lipinski definition) is 7. The zero-order valence-electron chi connectivity index (χ0n) is 20.7. The Balaban J connectivity index is 1.89. The van der Waals surface area contributed by atoms with Crippen LogP contribution in [0.4, 0.5) is 0 Å². The van der Waals surface area contributed by atoms with Crippen LogP contribution in [0.5, 0.6) is 0 Å². The molecule has 2 aliphatic heterocycles. The van der Waals surface area contributed by atoms with Crippen molar-refractivity contribution in [2.45, 2.75) is 63.6 Å². The number of carbonyl (C=O) groups is 2. The highest BCUT2D eigenvalue weighted by Gasteiger charge is 2.45. The second-order valence-corrected chi connectivity index (χ2v) is 13.1. The summed E-state index contributed by atoms with van der Waals surface area (Å²) < 4.78 is 25.5. The number of nitrogens with one attached hydrogen (secondary N) is 1. The Kier molecular flexibility index (Phi) is 9.95. The first-order chi connectivity index (χ1) is 17.2. The first-order valence-electron chi connectivity index (χ1n) is 11.7. The van der Waals surface area contributed by atoms with Gasteiger partial charge in [0.15, 0.2) is 0 Å². The van der Waals surface area contributed by atoms with Crippen LogP contribution in [0.15, 0.2) is 28.8 Å². The van der Waals surface area contributed by atoms with E-state index < -0.39 is 34.2 Å². The van der Waals surface area contributed by atoms with Crippen molar-refractivity contribution in [1.29, 1.82) is 0 Å². The minimum atomic E-state index is -3.91. The summed E-state index contributed by atoms with van der Waals surface area (Å²) >= 11 is 13.9. The number of halogens is 2. The van der Waals surface area contributed by atoms with Gasteiger partial charge in [-0.25, -0.2) is 14.7 Å². The molecule has 14 heteroatoms. The van der Waals surface area contributed by atoms with Crippen LogP contribution >= 0.6 is 35.0 Å². The van der Waals surface area contributed by atoms with E-state index in [1.807, 2.05) is 6.92 Å². The number of amides is 1. The molecule has 10 nitrogen and oxygen atoms in total. The van der Waals surface area contributed by atoms with Crippen LogP contribution in [0.25, 0.3) is 0 Å². The molecule has 37 heavy (non-hydrogen) atoms. The lowest BCUT2D eigenvalue weighted by atomic mass is 9.98. The van der Waals surface area contributed by atoms with Gasteiger partial charge in [0.2, 0.25) is 5.91 Å². The van der Waals surface area contributed by atoms with E-state index in [-0.39, 0.29) is 35.9 Å². The van der Waals surface area contributed by atoms with E-state index in [4.69, 9.17) is 28.3 Å². The molecule has 1 aromatic carbocycles. The Morgan fingerprint density at radius 3 is 2.57 bits per heavy atom. The number of carboxylic acid groups (broad SMARTS) is 1. The molecule has 0 aliphatic carbocycles. The molecule has 5 N–H and O–H groups in total. The molecule has 1 fully saturated rings. The summed E-state index contributed by atoms with van der Waals surface area (Å²) in [5.74, 6) is -1.90. The molecule has 0 saturated carbocycles. The summed E-state index contributed by atoms with van der Waals surface area (Å²) in [7, 11) is -3.91. The van der Waals surface area contributed by atoms with Gasteiger partial charge in [0.05, 0.1) is 6.10 Å². The maximum Gasteiger partial charge on any atom is 0.353 e. The smallest absolute Gasteiger partial charge is 0.353 e. The van der Waals surface area contributed by atoms with Crippen LogP contribution in [0.1, 0.15) is 39.2 Å². The van der Waals surface area contributed by atoms with Crippen molar-refractivity contribution < 1.29 is 28.2 Å². The number of aliphatic carboxylic acids is 1. The van der Waals surface area contributed by atoms with E-state index in [1.165, 1.54) is 23.6 Å². The Bertz CT molecular complexity index is 1180. The molecular weight excluding hydrogens is 563 g/mol. The maximum atomic E-state index is 12.5. The van der Waals surface area contributed by atoms with Crippen molar-refractivity contribution in [3.63, 3.8) is 0 Å². The van der Waals surface area contributed by atoms with Crippen LogP contribution in [-0.4, -0.2) is 76.8 Å². The number of aliphatic hydroxyl groups is 1. The second-order valence-electron chi connectivity index (χ2n) is 9.54. The maximum absolute atomic E-state index is 12.5. The topological polar surface area (TPSA) is 153 Å². The Morgan fingerprint density at radius 2 is 2.00 bits per heavy atom. The molecule has 206 valence electrons. The van der Waals surface area contributed by atoms with Gasteiger partial charge in [-0.2, -0.15) is 8.42 Å². The number of thioether (sulfide) groups is 1. The number of rotatable bonds is 10. The van der Waals surface area contributed by atoms with Crippen molar-refractivity contribution >= 4 is 57.0 Å². The zero-order chi connectivity index (χ0) is 27.7. The molecule has 5 atom stereocenters. The van der Waals surface area contributed by atoms with Crippen molar-refractivity contribution in [2.24, 2.45) is 11.1 Å². The SMILES string of the molecule is CC(=O)N1C(C(=O)O)=C(S[C@H]2C[C@@H](CNS(N)(=O)=O)N(Cc3cc(Cl)ccc3Cl)C2)[C@H](C)[C@@H]1C[C@@H](C)O. The Hall–Kier alpha value is -1.38.